The number of hydrogen-bond acceptors (Lipinski definition) is 2. The third-order valence-electron chi connectivity index (χ3n) is 6.81. The van der Waals surface area contributed by atoms with Crippen molar-refractivity contribution in [2.75, 3.05) is 13.1 Å². The Balaban J connectivity index is 1.21. The lowest BCUT2D eigenvalue weighted by atomic mass is 9.73. The quantitative estimate of drug-likeness (QED) is 0.621. The molecule has 0 saturated carbocycles. The first-order valence-corrected chi connectivity index (χ1v) is 9.78. The predicted octanol–water partition coefficient (Wildman–Crippen LogP) is 4.83. The second kappa shape index (κ2) is 5.42. The number of fused-ring (bicyclic) bond motifs is 6. The van der Waals surface area contributed by atoms with Gasteiger partial charge in [-0.2, -0.15) is 0 Å². The number of ether oxygens (including phenoxy) is 1. The zero-order chi connectivity index (χ0) is 17.1. The lowest BCUT2D eigenvalue weighted by Gasteiger charge is -2.40. The van der Waals surface area contributed by atoms with E-state index in [0.29, 0.717) is 12.2 Å². The number of rotatable bonds is 2. The highest BCUT2D eigenvalue weighted by Gasteiger charge is 2.63. The molecule has 2 atom stereocenters. The third kappa shape index (κ3) is 2.12. The van der Waals surface area contributed by atoms with Crippen molar-refractivity contribution < 1.29 is 4.74 Å². The summed E-state index contributed by atoms with van der Waals surface area (Å²) in [4.78, 5) is 2.62. The number of nitrogens with zero attached hydrogens (tertiary/aromatic N) is 1. The monoisotopic (exact) mass is 341 g/mol. The summed E-state index contributed by atoms with van der Waals surface area (Å²) >= 11 is 0. The van der Waals surface area contributed by atoms with Gasteiger partial charge in [-0.1, -0.05) is 60.7 Å². The SMILES string of the molecule is c1ccc2c(c1)C1OC1C21CCN(Cc2ccc3ccccc3c2)CC1. The Labute approximate surface area is 154 Å². The van der Waals surface area contributed by atoms with Crippen molar-refractivity contribution in [3.8, 4) is 0 Å². The minimum atomic E-state index is 0.279. The summed E-state index contributed by atoms with van der Waals surface area (Å²) in [5.41, 5.74) is 4.74. The second-order valence-electron chi connectivity index (χ2n) is 8.18. The van der Waals surface area contributed by atoms with Crippen LogP contribution in [-0.2, 0) is 16.7 Å². The van der Waals surface area contributed by atoms with E-state index in [-0.39, 0.29) is 5.41 Å². The molecular formula is C24H23NO. The Morgan fingerprint density at radius 3 is 2.54 bits per heavy atom. The van der Waals surface area contributed by atoms with Gasteiger partial charge in [0, 0.05) is 12.0 Å². The van der Waals surface area contributed by atoms with E-state index in [1.54, 1.807) is 5.56 Å². The topological polar surface area (TPSA) is 15.8 Å². The van der Waals surface area contributed by atoms with Crippen LogP contribution in [-0.4, -0.2) is 24.1 Å². The summed E-state index contributed by atoms with van der Waals surface area (Å²) in [5.74, 6) is 0. The largest absolute Gasteiger partial charge is 0.364 e. The fourth-order valence-corrected chi connectivity index (χ4v) is 5.38. The van der Waals surface area contributed by atoms with Crippen LogP contribution in [0.4, 0.5) is 0 Å². The molecule has 3 aromatic rings. The Bertz CT molecular complexity index is 986. The van der Waals surface area contributed by atoms with Gasteiger partial charge < -0.3 is 4.74 Å². The van der Waals surface area contributed by atoms with Crippen molar-refractivity contribution in [1.29, 1.82) is 0 Å². The van der Waals surface area contributed by atoms with E-state index >= 15 is 0 Å². The smallest absolute Gasteiger partial charge is 0.110 e. The van der Waals surface area contributed by atoms with Gasteiger partial charge in [0.25, 0.3) is 0 Å². The summed E-state index contributed by atoms with van der Waals surface area (Å²) in [6.45, 7) is 3.37. The predicted molar refractivity (Wildman–Crippen MR) is 104 cm³/mol. The van der Waals surface area contributed by atoms with E-state index in [0.717, 1.165) is 19.6 Å². The maximum absolute atomic E-state index is 6.06. The molecule has 2 heterocycles. The maximum atomic E-state index is 6.06. The van der Waals surface area contributed by atoms with Crippen LogP contribution in [0.3, 0.4) is 0 Å². The molecule has 26 heavy (non-hydrogen) atoms. The van der Waals surface area contributed by atoms with Crippen LogP contribution in [0.5, 0.6) is 0 Å². The number of benzene rings is 3. The molecule has 1 spiro atoms. The number of epoxide rings is 1. The molecule has 3 aliphatic rings. The van der Waals surface area contributed by atoms with E-state index < -0.39 is 0 Å². The average Bonchev–Trinajstić information content (AvgIpc) is 3.46. The zero-order valence-electron chi connectivity index (χ0n) is 14.9. The van der Waals surface area contributed by atoms with Crippen molar-refractivity contribution in [3.05, 3.63) is 83.4 Å². The van der Waals surface area contributed by atoms with Crippen LogP contribution in [0.15, 0.2) is 66.7 Å². The van der Waals surface area contributed by atoms with E-state index in [1.165, 1.54) is 34.7 Å². The zero-order valence-corrected chi connectivity index (χ0v) is 14.9. The van der Waals surface area contributed by atoms with Crippen LogP contribution in [0.2, 0.25) is 0 Å². The van der Waals surface area contributed by atoms with Crippen LogP contribution in [0, 0.1) is 0 Å². The van der Waals surface area contributed by atoms with Crippen molar-refractivity contribution in [2.24, 2.45) is 0 Å². The minimum absolute atomic E-state index is 0.279. The molecule has 0 N–H and O–H groups in total. The van der Waals surface area contributed by atoms with E-state index in [9.17, 15) is 0 Å². The molecular weight excluding hydrogens is 318 g/mol. The summed E-state index contributed by atoms with van der Waals surface area (Å²) in [5, 5.41) is 2.67. The first kappa shape index (κ1) is 15.0. The summed E-state index contributed by atoms with van der Waals surface area (Å²) in [6, 6.07) is 24.5. The fourth-order valence-electron chi connectivity index (χ4n) is 5.38. The Hall–Kier alpha value is -2.16. The Morgan fingerprint density at radius 2 is 1.65 bits per heavy atom. The van der Waals surface area contributed by atoms with Crippen LogP contribution >= 0.6 is 0 Å². The highest BCUT2D eigenvalue weighted by Crippen LogP contribution is 2.62. The van der Waals surface area contributed by atoms with Crippen molar-refractivity contribution in [3.63, 3.8) is 0 Å². The highest BCUT2D eigenvalue weighted by molar-refractivity contribution is 5.82. The van der Waals surface area contributed by atoms with Gasteiger partial charge in [0.2, 0.25) is 0 Å². The van der Waals surface area contributed by atoms with Gasteiger partial charge in [0.15, 0.2) is 0 Å². The van der Waals surface area contributed by atoms with Crippen molar-refractivity contribution in [2.45, 2.75) is 37.0 Å². The fraction of sp³-hybridized carbons (Fsp3) is 0.333. The van der Waals surface area contributed by atoms with Crippen LogP contribution < -0.4 is 0 Å². The lowest BCUT2D eigenvalue weighted by Crippen LogP contribution is -2.44. The van der Waals surface area contributed by atoms with Gasteiger partial charge >= 0.3 is 0 Å². The first-order chi connectivity index (χ1) is 12.8. The van der Waals surface area contributed by atoms with E-state index in [4.69, 9.17) is 4.74 Å². The second-order valence-corrected chi connectivity index (χ2v) is 8.18. The molecule has 0 aromatic heterocycles. The average molecular weight is 341 g/mol. The van der Waals surface area contributed by atoms with Crippen LogP contribution in [0.1, 0.15) is 35.6 Å². The van der Waals surface area contributed by atoms with Gasteiger partial charge in [-0.25, -0.2) is 0 Å². The molecule has 130 valence electrons. The molecule has 2 fully saturated rings. The standard InChI is InChI=1S/C24H23NO/c1-2-6-19-15-17(9-10-18(19)5-1)16-25-13-11-24(12-14-25)21-8-4-3-7-20(21)22-23(24)26-22/h1-10,15,22-23H,11-14,16H2. The number of piperidine rings is 1. The van der Waals surface area contributed by atoms with E-state index in [2.05, 4.69) is 71.6 Å². The minimum Gasteiger partial charge on any atom is -0.364 e. The maximum Gasteiger partial charge on any atom is 0.110 e. The molecule has 2 nitrogen and oxygen atoms in total. The Kier molecular flexibility index (Phi) is 3.12. The summed E-state index contributed by atoms with van der Waals surface area (Å²) in [7, 11) is 0. The number of hydrogen-bond donors (Lipinski definition) is 0. The summed E-state index contributed by atoms with van der Waals surface area (Å²) < 4.78 is 6.06. The molecule has 2 saturated heterocycles. The number of likely N-dealkylation sites (tertiary alicyclic amines) is 1. The first-order valence-electron chi connectivity index (χ1n) is 9.78. The van der Waals surface area contributed by atoms with E-state index in [1.807, 2.05) is 0 Å². The van der Waals surface area contributed by atoms with Crippen LogP contribution in [0.25, 0.3) is 10.8 Å². The highest BCUT2D eigenvalue weighted by atomic mass is 16.6. The molecule has 6 rings (SSSR count). The molecule has 0 amide bonds. The van der Waals surface area contributed by atoms with Gasteiger partial charge in [-0.15, -0.1) is 0 Å². The van der Waals surface area contributed by atoms with Crippen molar-refractivity contribution >= 4 is 10.8 Å². The molecule has 3 aromatic carbocycles. The lowest BCUT2D eigenvalue weighted by molar-refractivity contribution is 0.126. The third-order valence-corrected chi connectivity index (χ3v) is 6.81. The molecule has 2 unspecified atom stereocenters. The molecule has 2 heteroatoms. The molecule has 0 bridgehead atoms. The molecule has 2 aliphatic heterocycles. The van der Waals surface area contributed by atoms with Gasteiger partial charge in [0.05, 0.1) is 6.10 Å². The van der Waals surface area contributed by atoms with Gasteiger partial charge in [0.1, 0.15) is 6.10 Å². The molecule has 0 radical (unpaired) electrons. The normalized spacial score (nSPS) is 26.0. The molecule has 1 aliphatic carbocycles. The Morgan fingerprint density at radius 1 is 0.885 bits per heavy atom. The summed E-state index contributed by atoms with van der Waals surface area (Å²) in [6.07, 6.45) is 3.28. The van der Waals surface area contributed by atoms with Gasteiger partial charge in [-0.05, 0) is 59.5 Å². The van der Waals surface area contributed by atoms with Gasteiger partial charge in [-0.3, -0.25) is 4.90 Å². The van der Waals surface area contributed by atoms with Crippen molar-refractivity contribution in [1.82, 2.24) is 4.90 Å².